The average molecular weight is 369 g/mol. The van der Waals surface area contributed by atoms with Crippen LogP contribution < -0.4 is 5.32 Å². The number of H-pyrrole nitrogens is 1. The summed E-state index contributed by atoms with van der Waals surface area (Å²) in [6.45, 7) is 0.942. The molecule has 0 unspecified atom stereocenters. The van der Waals surface area contributed by atoms with Crippen LogP contribution in [0.25, 0.3) is 11.4 Å². The van der Waals surface area contributed by atoms with Gasteiger partial charge in [-0.05, 0) is 43.7 Å². The number of carbonyl (C=O) groups excluding carboxylic acids is 1. The van der Waals surface area contributed by atoms with Crippen LogP contribution in [0, 0.1) is 5.92 Å². The number of nitrogens with zero attached hydrogens (tertiary/aromatic N) is 3. The van der Waals surface area contributed by atoms with E-state index in [0.29, 0.717) is 17.3 Å². The van der Waals surface area contributed by atoms with Gasteiger partial charge in [-0.1, -0.05) is 12.1 Å². The molecule has 0 atom stereocenters. The number of amides is 1. The van der Waals surface area contributed by atoms with Crippen molar-refractivity contribution in [3.63, 3.8) is 0 Å². The van der Waals surface area contributed by atoms with Gasteiger partial charge in [0.1, 0.15) is 6.33 Å². The van der Waals surface area contributed by atoms with Gasteiger partial charge in [-0.15, -0.1) is 0 Å². The number of rotatable bonds is 8. The molecule has 0 bridgehead atoms. The summed E-state index contributed by atoms with van der Waals surface area (Å²) >= 11 is 0. The Morgan fingerprint density at radius 3 is 2.78 bits per heavy atom. The number of benzene rings is 1. The Kier molecular flexibility index (Phi) is 4.89. The van der Waals surface area contributed by atoms with Crippen LogP contribution in [-0.4, -0.2) is 62.2 Å². The third kappa shape index (κ3) is 4.33. The predicted octanol–water partition coefficient (Wildman–Crippen LogP) is 1.53. The second-order valence-corrected chi connectivity index (χ2v) is 7.48. The van der Waals surface area contributed by atoms with E-state index in [0.717, 1.165) is 24.9 Å². The molecule has 2 aliphatic rings. The zero-order valence-corrected chi connectivity index (χ0v) is 15.0. The van der Waals surface area contributed by atoms with Gasteiger partial charge in [-0.2, -0.15) is 5.10 Å². The van der Waals surface area contributed by atoms with E-state index in [2.05, 4.69) is 25.4 Å². The summed E-state index contributed by atoms with van der Waals surface area (Å²) in [4.78, 5) is 29.8. The summed E-state index contributed by atoms with van der Waals surface area (Å²) in [6, 6.07) is 7.59. The fourth-order valence-electron chi connectivity index (χ4n) is 3.57. The Bertz CT molecular complexity index is 813. The van der Waals surface area contributed by atoms with Crippen LogP contribution in [0.15, 0.2) is 30.6 Å². The molecule has 142 valence electrons. The van der Waals surface area contributed by atoms with Crippen molar-refractivity contribution in [2.75, 3.05) is 13.1 Å². The molecule has 2 saturated carbocycles. The molecule has 8 heteroatoms. The first kappa shape index (κ1) is 17.7. The molecule has 1 heterocycles. The van der Waals surface area contributed by atoms with Crippen molar-refractivity contribution in [3.8, 4) is 11.4 Å². The zero-order chi connectivity index (χ0) is 18.8. The number of carbonyl (C=O) groups is 2. The van der Waals surface area contributed by atoms with Crippen molar-refractivity contribution < 1.29 is 14.7 Å². The molecule has 1 amide bonds. The summed E-state index contributed by atoms with van der Waals surface area (Å²) in [5, 5.41) is 18.8. The van der Waals surface area contributed by atoms with Gasteiger partial charge >= 0.3 is 5.97 Å². The van der Waals surface area contributed by atoms with E-state index < -0.39 is 5.97 Å². The maximum atomic E-state index is 12.5. The lowest BCUT2D eigenvalue weighted by Gasteiger charge is -2.42. The van der Waals surface area contributed by atoms with Crippen molar-refractivity contribution in [1.82, 2.24) is 25.4 Å². The average Bonchev–Trinajstić information content (AvgIpc) is 3.25. The van der Waals surface area contributed by atoms with Crippen LogP contribution in [0.4, 0.5) is 0 Å². The van der Waals surface area contributed by atoms with E-state index in [1.165, 1.54) is 19.2 Å². The fourth-order valence-corrected chi connectivity index (χ4v) is 3.57. The molecule has 0 radical (unpaired) electrons. The van der Waals surface area contributed by atoms with Gasteiger partial charge in [0.05, 0.1) is 6.54 Å². The van der Waals surface area contributed by atoms with Gasteiger partial charge < -0.3 is 10.4 Å². The highest BCUT2D eigenvalue weighted by atomic mass is 16.4. The van der Waals surface area contributed by atoms with E-state index in [1.54, 1.807) is 12.1 Å². The summed E-state index contributed by atoms with van der Waals surface area (Å²) in [6.07, 6.45) is 5.43. The molecule has 0 aliphatic heterocycles. The van der Waals surface area contributed by atoms with Crippen molar-refractivity contribution in [1.29, 1.82) is 0 Å². The molecule has 4 rings (SSSR count). The van der Waals surface area contributed by atoms with Gasteiger partial charge in [-0.25, -0.2) is 4.98 Å². The first-order chi connectivity index (χ1) is 13.1. The fraction of sp³-hybridized carbons (Fsp3) is 0.474. The quantitative estimate of drug-likeness (QED) is 0.651. The second-order valence-electron chi connectivity index (χ2n) is 7.48. The van der Waals surface area contributed by atoms with Crippen molar-refractivity contribution in [3.05, 3.63) is 36.2 Å². The molecule has 8 nitrogen and oxygen atoms in total. The minimum absolute atomic E-state index is 0.0844. The van der Waals surface area contributed by atoms with Crippen molar-refractivity contribution in [2.45, 2.75) is 37.8 Å². The molecule has 1 aromatic heterocycles. The molecule has 2 aromatic rings. The molecule has 27 heavy (non-hydrogen) atoms. The van der Waals surface area contributed by atoms with Gasteiger partial charge in [0, 0.05) is 29.8 Å². The normalized spacial score (nSPS) is 21.7. The molecule has 2 fully saturated rings. The number of aliphatic carboxylic acids is 1. The Hall–Kier alpha value is -2.74. The minimum Gasteiger partial charge on any atom is -0.480 e. The first-order valence-electron chi connectivity index (χ1n) is 9.31. The smallest absolute Gasteiger partial charge is 0.317 e. The highest BCUT2D eigenvalue weighted by Gasteiger charge is 2.37. The Morgan fingerprint density at radius 1 is 1.30 bits per heavy atom. The van der Waals surface area contributed by atoms with Crippen LogP contribution in [0.2, 0.25) is 0 Å². The van der Waals surface area contributed by atoms with Crippen molar-refractivity contribution in [2.24, 2.45) is 5.92 Å². The number of aromatic nitrogens is 3. The highest BCUT2D eigenvalue weighted by molar-refractivity contribution is 5.95. The lowest BCUT2D eigenvalue weighted by atomic mass is 9.85. The lowest BCUT2D eigenvalue weighted by molar-refractivity contribution is -0.139. The maximum Gasteiger partial charge on any atom is 0.317 e. The molecular weight excluding hydrogens is 346 g/mol. The van der Waals surface area contributed by atoms with Crippen LogP contribution in [0.3, 0.4) is 0 Å². The van der Waals surface area contributed by atoms with E-state index >= 15 is 0 Å². The lowest BCUT2D eigenvalue weighted by Crippen LogP contribution is -2.55. The van der Waals surface area contributed by atoms with Crippen LogP contribution in [0.5, 0.6) is 0 Å². The monoisotopic (exact) mass is 369 g/mol. The summed E-state index contributed by atoms with van der Waals surface area (Å²) in [5.41, 5.74) is 1.39. The van der Waals surface area contributed by atoms with E-state index in [9.17, 15) is 9.59 Å². The number of hydrogen-bond acceptors (Lipinski definition) is 5. The molecule has 2 aliphatic carbocycles. The third-order valence-corrected chi connectivity index (χ3v) is 5.31. The van der Waals surface area contributed by atoms with E-state index in [4.69, 9.17) is 5.11 Å². The Labute approximate surface area is 157 Å². The van der Waals surface area contributed by atoms with Crippen LogP contribution in [-0.2, 0) is 4.79 Å². The largest absolute Gasteiger partial charge is 0.480 e. The summed E-state index contributed by atoms with van der Waals surface area (Å²) in [7, 11) is 0. The molecule has 3 N–H and O–H groups in total. The Morgan fingerprint density at radius 2 is 2.11 bits per heavy atom. The van der Waals surface area contributed by atoms with Crippen LogP contribution >= 0.6 is 0 Å². The Balaban J connectivity index is 1.32. The topological polar surface area (TPSA) is 111 Å². The summed E-state index contributed by atoms with van der Waals surface area (Å²) < 4.78 is 0. The number of carboxylic acids is 1. The van der Waals surface area contributed by atoms with Gasteiger partial charge in [0.15, 0.2) is 5.82 Å². The third-order valence-electron chi connectivity index (χ3n) is 5.31. The number of aromatic amines is 1. The SMILES string of the molecule is O=C(O)CN(CC1CC1)C1CC(NC(=O)c2cccc(-c3ncn[nH]3)c2)C1. The standard InChI is InChI=1S/C19H23N5O3/c25-17(26)10-24(9-12-4-5-12)16-7-15(8-16)22-19(27)14-3-1-2-13(6-14)18-20-11-21-23-18/h1-3,6,11-12,15-16H,4-5,7-10H2,(H,22,27)(H,25,26)(H,20,21,23). The molecule has 0 saturated heterocycles. The zero-order valence-electron chi connectivity index (χ0n) is 15.0. The second kappa shape index (κ2) is 7.48. The van der Waals surface area contributed by atoms with Crippen molar-refractivity contribution >= 4 is 11.9 Å². The predicted molar refractivity (Wildman–Crippen MR) is 98.0 cm³/mol. The van der Waals surface area contributed by atoms with E-state index in [1.807, 2.05) is 12.1 Å². The molecule has 1 aromatic carbocycles. The van der Waals surface area contributed by atoms with E-state index in [-0.39, 0.29) is 24.5 Å². The van der Waals surface area contributed by atoms with Gasteiger partial charge in [-0.3, -0.25) is 19.6 Å². The maximum absolute atomic E-state index is 12.5. The number of nitrogens with one attached hydrogen (secondary N) is 2. The number of hydrogen-bond donors (Lipinski definition) is 3. The summed E-state index contributed by atoms with van der Waals surface area (Å²) in [5.74, 6) is 0.369. The number of carboxylic acid groups (broad SMARTS) is 1. The van der Waals surface area contributed by atoms with Crippen LogP contribution in [0.1, 0.15) is 36.0 Å². The first-order valence-corrected chi connectivity index (χ1v) is 9.31. The van der Waals surface area contributed by atoms with Gasteiger partial charge in [0.2, 0.25) is 0 Å². The highest BCUT2D eigenvalue weighted by Crippen LogP contribution is 2.33. The molecular formula is C19H23N5O3. The van der Waals surface area contributed by atoms with Gasteiger partial charge in [0.25, 0.3) is 5.91 Å². The minimum atomic E-state index is -0.785. The molecule has 0 spiro atoms.